The molecule has 0 saturated heterocycles. The molecule has 0 aliphatic heterocycles. The van der Waals surface area contributed by atoms with E-state index in [1.807, 2.05) is 37.3 Å². The van der Waals surface area contributed by atoms with Crippen molar-refractivity contribution in [3.8, 4) is 17.1 Å². The summed E-state index contributed by atoms with van der Waals surface area (Å²) in [7, 11) is 0. The maximum atomic E-state index is 13.9. The van der Waals surface area contributed by atoms with Gasteiger partial charge in [0.15, 0.2) is 5.82 Å². The van der Waals surface area contributed by atoms with Crippen LogP contribution in [0.25, 0.3) is 17.1 Å². The van der Waals surface area contributed by atoms with Gasteiger partial charge in [0.25, 0.3) is 5.91 Å². The molecule has 0 saturated carbocycles. The van der Waals surface area contributed by atoms with Gasteiger partial charge in [-0.25, -0.2) is 14.1 Å². The van der Waals surface area contributed by atoms with E-state index in [0.717, 1.165) is 15.6 Å². The smallest absolute Gasteiger partial charge is 0.295 e. The Morgan fingerprint density at radius 2 is 1.83 bits per heavy atom. The van der Waals surface area contributed by atoms with Crippen LogP contribution in [0, 0.1) is 12.7 Å². The summed E-state index contributed by atoms with van der Waals surface area (Å²) in [6.07, 6.45) is 0. The Balaban J connectivity index is 1.81. The predicted molar refractivity (Wildman–Crippen MR) is 119 cm³/mol. The highest BCUT2D eigenvalue weighted by Gasteiger charge is 2.20. The molecule has 4 aromatic rings. The third-order valence-corrected chi connectivity index (χ3v) is 5.20. The first-order valence-electron chi connectivity index (χ1n) is 8.98. The van der Waals surface area contributed by atoms with Crippen molar-refractivity contribution in [3.05, 3.63) is 93.4 Å². The van der Waals surface area contributed by atoms with Crippen molar-refractivity contribution in [1.82, 2.24) is 14.8 Å². The van der Waals surface area contributed by atoms with E-state index >= 15 is 0 Å². The van der Waals surface area contributed by atoms with E-state index in [1.165, 1.54) is 12.1 Å². The lowest BCUT2D eigenvalue weighted by molar-refractivity contribution is 0.101. The van der Waals surface area contributed by atoms with E-state index in [1.54, 1.807) is 28.9 Å². The van der Waals surface area contributed by atoms with Gasteiger partial charge in [0.05, 0.1) is 11.4 Å². The molecular weight excluding hydrogens is 471 g/mol. The number of rotatable bonds is 4. The van der Waals surface area contributed by atoms with E-state index in [9.17, 15) is 9.18 Å². The fraction of sp³-hybridized carbons (Fsp3) is 0.0455. The molecule has 4 rings (SSSR count). The molecule has 1 amide bonds. The second-order valence-electron chi connectivity index (χ2n) is 6.54. The van der Waals surface area contributed by atoms with Gasteiger partial charge < -0.3 is 5.32 Å². The molecule has 0 aliphatic carbocycles. The lowest BCUT2D eigenvalue weighted by Crippen LogP contribution is -2.15. The molecule has 0 aliphatic rings. The van der Waals surface area contributed by atoms with E-state index < -0.39 is 11.7 Å². The minimum atomic E-state index is -0.614. The van der Waals surface area contributed by atoms with Crippen molar-refractivity contribution in [1.29, 1.82) is 0 Å². The van der Waals surface area contributed by atoms with E-state index in [4.69, 9.17) is 11.6 Å². The zero-order valence-electron chi connectivity index (χ0n) is 15.7. The molecule has 30 heavy (non-hydrogen) atoms. The highest BCUT2D eigenvalue weighted by molar-refractivity contribution is 9.10. The zero-order chi connectivity index (χ0) is 21.3. The van der Waals surface area contributed by atoms with Crippen LogP contribution in [0.4, 0.5) is 10.1 Å². The van der Waals surface area contributed by atoms with Crippen LogP contribution in [0.3, 0.4) is 0 Å². The van der Waals surface area contributed by atoms with E-state index in [0.29, 0.717) is 16.5 Å². The zero-order valence-corrected chi connectivity index (χ0v) is 18.1. The molecule has 1 heterocycles. The van der Waals surface area contributed by atoms with Gasteiger partial charge in [0.2, 0.25) is 5.82 Å². The summed E-state index contributed by atoms with van der Waals surface area (Å²) in [5.41, 5.74) is 2.42. The lowest BCUT2D eigenvalue weighted by Gasteiger charge is -2.09. The number of carbonyl (C=O) groups is 1. The number of nitrogens with zero attached hydrogens (tertiary/aromatic N) is 3. The van der Waals surface area contributed by atoms with Crippen molar-refractivity contribution < 1.29 is 9.18 Å². The van der Waals surface area contributed by atoms with Crippen molar-refractivity contribution in [3.63, 3.8) is 0 Å². The maximum Gasteiger partial charge on any atom is 0.295 e. The van der Waals surface area contributed by atoms with Crippen LogP contribution >= 0.6 is 27.5 Å². The van der Waals surface area contributed by atoms with Gasteiger partial charge in [0.1, 0.15) is 5.82 Å². The van der Waals surface area contributed by atoms with Gasteiger partial charge in [-0.15, -0.1) is 5.10 Å². The van der Waals surface area contributed by atoms with Crippen LogP contribution in [-0.4, -0.2) is 20.7 Å². The third-order valence-electron chi connectivity index (χ3n) is 4.43. The topological polar surface area (TPSA) is 59.8 Å². The van der Waals surface area contributed by atoms with Gasteiger partial charge in [-0.3, -0.25) is 4.79 Å². The van der Waals surface area contributed by atoms with Crippen LogP contribution in [0.15, 0.2) is 71.2 Å². The SMILES string of the molecule is Cc1ccc(Cl)cc1-n1nc(C(=O)Nc2ccccc2F)nc1-c1ccc(Br)cc1. The molecule has 5 nitrogen and oxygen atoms in total. The quantitative estimate of drug-likeness (QED) is 0.383. The van der Waals surface area contributed by atoms with Crippen LogP contribution in [0.1, 0.15) is 16.2 Å². The molecule has 1 aromatic heterocycles. The summed E-state index contributed by atoms with van der Waals surface area (Å²) in [6.45, 7) is 1.91. The monoisotopic (exact) mass is 484 g/mol. The number of nitrogens with one attached hydrogen (secondary N) is 1. The Morgan fingerprint density at radius 1 is 1.10 bits per heavy atom. The Morgan fingerprint density at radius 3 is 2.57 bits per heavy atom. The molecule has 0 unspecified atom stereocenters. The standard InChI is InChI=1S/C22H15BrClFN4O/c1-13-6-11-16(24)12-19(13)29-21(14-7-9-15(23)10-8-14)27-20(28-29)22(30)26-18-5-3-2-4-17(18)25/h2-12H,1H3,(H,26,30). The average molecular weight is 486 g/mol. The highest BCUT2D eigenvalue weighted by atomic mass is 79.9. The van der Waals surface area contributed by atoms with Crippen LogP contribution in [0.2, 0.25) is 5.02 Å². The van der Waals surface area contributed by atoms with Gasteiger partial charge in [-0.2, -0.15) is 0 Å². The number of para-hydroxylation sites is 1. The number of amides is 1. The van der Waals surface area contributed by atoms with Crippen molar-refractivity contribution in [2.45, 2.75) is 6.92 Å². The number of aromatic nitrogens is 3. The van der Waals surface area contributed by atoms with Gasteiger partial charge >= 0.3 is 0 Å². The molecule has 0 fully saturated rings. The number of halogens is 3. The largest absolute Gasteiger partial charge is 0.317 e. The molecule has 0 radical (unpaired) electrons. The van der Waals surface area contributed by atoms with Gasteiger partial charge in [0, 0.05) is 15.1 Å². The Bertz CT molecular complexity index is 1240. The second kappa shape index (κ2) is 8.38. The minimum Gasteiger partial charge on any atom is -0.317 e. The third kappa shape index (κ3) is 4.13. The maximum absolute atomic E-state index is 13.9. The van der Waals surface area contributed by atoms with Crippen LogP contribution in [0.5, 0.6) is 0 Å². The Labute approximate surface area is 185 Å². The van der Waals surface area contributed by atoms with Gasteiger partial charge in [-0.1, -0.05) is 57.9 Å². The first kappa shape index (κ1) is 20.3. The molecule has 0 bridgehead atoms. The van der Waals surface area contributed by atoms with Crippen LogP contribution < -0.4 is 5.32 Å². The van der Waals surface area contributed by atoms with Crippen molar-refractivity contribution in [2.75, 3.05) is 5.32 Å². The van der Waals surface area contributed by atoms with E-state index in [-0.39, 0.29) is 11.5 Å². The normalized spacial score (nSPS) is 10.8. The molecule has 1 N–H and O–H groups in total. The van der Waals surface area contributed by atoms with Gasteiger partial charge in [-0.05, 0) is 48.9 Å². The number of carbonyl (C=O) groups excluding carboxylic acids is 1. The molecule has 0 spiro atoms. The number of aryl methyl sites for hydroxylation is 1. The summed E-state index contributed by atoms with van der Waals surface area (Å²) in [5, 5.41) is 7.46. The number of hydrogen-bond acceptors (Lipinski definition) is 3. The number of hydrogen-bond donors (Lipinski definition) is 1. The Hall–Kier alpha value is -3.03. The van der Waals surface area contributed by atoms with Crippen molar-refractivity contribution in [2.24, 2.45) is 0 Å². The first-order chi connectivity index (χ1) is 14.4. The summed E-state index contributed by atoms with van der Waals surface area (Å²) >= 11 is 9.61. The molecule has 3 aromatic carbocycles. The first-order valence-corrected chi connectivity index (χ1v) is 10.1. The summed E-state index contributed by atoms with van der Waals surface area (Å²) in [4.78, 5) is 17.2. The summed E-state index contributed by atoms with van der Waals surface area (Å²) in [5.74, 6) is -0.775. The molecule has 8 heteroatoms. The molecule has 150 valence electrons. The van der Waals surface area contributed by atoms with Crippen molar-refractivity contribution >= 4 is 39.1 Å². The lowest BCUT2D eigenvalue weighted by atomic mass is 10.2. The van der Waals surface area contributed by atoms with E-state index in [2.05, 4.69) is 31.3 Å². The van der Waals surface area contributed by atoms with Crippen LogP contribution in [-0.2, 0) is 0 Å². The second-order valence-corrected chi connectivity index (χ2v) is 7.89. The molecule has 0 atom stereocenters. The summed E-state index contributed by atoms with van der Waals surface area (Å²) < 4.78 is 16.4. The number of benzene rings is 3. The predicted octanol–water partition coefficient (Wildman–Crippen LogP) is 6.05. The minimum absolute atomic E-state index is 0.0583. The highest BCUT2D eigenvalue weighted by Crippen LogP contribution is 2.27. The fourth-order valence-electron chi connectivity index (χ4n) is 2.91. The molecular formula is C22H15BrClFN4O. The average Bonchev–Trinajstić information content (AvgIpc) is 3.17. The fourth-order valence-corrected chi connectivity index (χ4v) is 3.34. The Kier molecular flexibility index (Phi) is 5.65. The number of anilines is 1. The summed E-state index contributed by atoms with van der Waals surface area (Å²) in [6, 6.07) is 18.8.